The van der Waals surface area contributed by atoms with E-state index in [4.69, 9.17) is 5.21 Å². The van der Waals surface area contributed by atoms with Crippen LogP contribution >= 0.6 is 0 Å². The lowest BCUT2D eigenvalue weighted by atomic mass is 10.1. The summed E-state index contributed by atoms with van der Waals surface area (Å²) >= 11 is 0. The Bertz CT molecular complexity index is 422. The monoisotopic (exact) mass is 249 g/mol. The molecule has 98 valence electrons. The van der Waals surface area contributed by atoms with Gasteiger partial charge in [0.15, 0.2) is 0 Å². The zero-order valence-corrected chi connectivity index (χ0v) is 11.0. The van der Waals surface area contributed by atoms with Crippen LogP contribution in [0.1, 0.15) is 26.3 Å². The molecule has 2 N–H and O–H groups in total. The van der Waals surface area contributed by atoms with Crippen molar-refractivity contribution in [2.75, 3.05) is 18.4 Å². The Morgan fingerprint density at radius 1 is 1.28 bits per heavy atom. The van der Waals surface area contributed by atoms with Crippen LogP contribution in [0.4, 0.5) is 10.5 Å². The summed E-state index contributed by atoms with van der Waals surface area (Å²) in [6.45, 7) is 6.94. The molecule has 0 saturated carbocycles. The Morgan fingerprint density at radius 3 is 2.28 bits per heavy atom. The van der Waals surface area contributed by atoms with E-state index < -0.39 is 0 Å². The van der Waals surface area contributed by atoms with Gasteiger partial charge in [0.2, 0.25) is 0 Å². The second kappa shape index (κ2) is 6.64. The summed E-state index contributed by atoms with van der Waals surface area (Å²) in [6, 6.07) is 7.05. The van der Waals surface area contributed by atoms with E-state index in [9.17, 15) is 4.79 Å². The number of oxime groups is 1. The van der Waals surface area contributed by atoms with Crippen LogP contribution in [0.15, 0.2) is 29.4 Å². The van der Waals surface area contributed by atoms with Crippen LogP contribution in [0.3, 0.4) is 0 Å². The van der Waals surface area contributed by atoms with Gasteiger partial charge < -0.3 is 15.4 Å². The highest BCUT2D eigenvalue weighted by Crippen LogP contribution is 2.11. The highest BCUT2D eigenvalue weighted by molar-refractivity contribution is 5.99. The molecule has 2 amide bonds. The normalized spacial score (nSPS) is 11.2. The van der Waals surface area contributed by atoms with E-state index >= 15 is 0 Å². The molecule has 0 heterocycles. The smallest absolute Gasteiger partial charge is 0.321 e. The van der Waals surface area contributed by atoms with Gasteiger partial charge in [-0.15, -0.1) is 0 Å². The molecule has 1 aromatic rings. The minimum Gasteiger partial charge on any atom is -0.411 e. The first kappa shape index (κ1) is 14.0. The molecule has 5 heteroatoms. The number of hydrogen-bond donors (Lipinski definition) is 2. The predicted molar refractivity (Wildman–Crippen MR) is 72.4 cm³/mol. The van der Waals surface area contributed by atoms with Gasteiger partial charge in [-0.2, -0.15) is 0 Å². The van der Waals surface area contributed by atoms with Crippen molar-refractivity contribution in [2.24, 2.45) is 5.16 Å². The number of anilines is 1. The second-order valence-electron chi connectivity index (χ2n) is 3.87. The molecule has 1 rings (SSSR count). The van der Waals surface area contributed by atoms with E-state index in [1.54, 1.807) is 36.1 Å². The van der Waals surface area contributed by atoms with Crippen molar-refractivity contribution in [3.05, 3.63) is 29.8 Å². The molecule has 0 aromatic heterocycles. The Hall–Kier alpha value is -2.04. The first-order valence-electron chi connectivity index (χ1n) is 5.97. The number of carbonyl (C=O) groups excluding carboxylic acids is 1. The molecule has 0 spiro atoms. The molecule has 0 aliphatic rings. The quantitative estimate of drug-likeness (QED) is 0.489. The Labute approximate surface area is 107 Å². The zero-order valence-electron chi connectivity index (χ0n) is 11.0. The van der Waals surface area contributed by atoms with Crippen molar-refractivity contribution in [3.63, 3.8) is 0 Å². The fraction of sp³-hybridized carbons (Fsp3) is 0.385. The lowest BCUT2D eigenvalue weighted by Crippen LogP contribution is -2.34. The Kier molecular flexibility index (Phi) is 5.17. The maximum Gasteiger partial charge on any atom is 0.321 e. The number of rotatable bonds is 4. The van der Waals surface area contributed by atoms with Gasteiger partial charge in [-0.3, -0.25) is 0 Å². The fourth-order valence-corrected chi connectivity index (χ4v) is 1.57. The number of nitrogens with zero attached hydrogens (tertiary/aromatic N) is 2. The molecule has 0 bridgehead atoms. The van der Waals surface area contributed by atoms with Crippen molar-refractivity contribution in [2.45, 2.75) is 20.8 Å². The third kappa shape index (κ3) is 3.48. The summed E-state index contributed by atoms with van der Waals surface area (Å²) in [4.78, 5) is 13.5. The molecular weight excluding hydrogens is 230 g/mol. The SMILES string of the molecule is CCN(CC)C(=O)Nc1ccc(/C(C)=N/O)cc1. The summed E-state index contributed by atoms with van der Waals surface area (Å²) in [5, 5.41) is 14.6. The average molecular weight is 249 g/mol. The van der Waals surface area contributed by atoms with E-state index in [0.29, 0.717) is 18.8 Å². The van der Waals surface area contributed by atoms with E-state index in [1.165, 1.54) is 0 Å². The Balaban J connectivity index is 2.72. The number of hydrogen-bond acceptors (Lipinski definition) is 3. The van der Waals surface area contributed by atoms with E-state index in [-0.39, 0.29) is 6.03 Å². The molecule has 1 aromatic carbocycles. The number of carbonyl (C=O) groups is 1. The zero-order chi connectivity index (χ0) is 13.5. The van der Waals surface area contributed by atoms with Gasteiger partial charge in [-0.05, 0) is 38.5 Å². The number of amides is 2. The van der Waals surface area contributed by atoms with E-state index in [2.05, 4.69) is 10.5 Å². The summed E-state index contributed by atoms with van der Waals surface area (Å²) in [6.07, 6.45) is 0. The fourth-order valence-electron chi connectivity index (χ4n) is 1.57. The number of nitrogens with one attached hydrogen (secondary N) is 1. The molecule has 0 radical (unpaired) electrons. The molecule has 0 unspecified atom stereocenters. The van der Waals surface area contributed by atoms with Gasteiger partial charge in [0.05, 0.1) is 5.71 Å². The van der Waals surface area contributed by atoms with E-state index in [0.717, 1.165) is 11.3 Å². The lowest BCUT2D eigenvalue weighted by Gasteiger charge is -2.19. The van der Waals surface area contributed by atoms with Crippen LogP contribution in [-0.4, -0.2) is 34.9 Å². The molecule has 0 aliphatic carbocycles. The van der Waals surface area contributed by atoms with Crippen LogP contribution in [0.2, 0.25) is 0 Å². The maximum atomic E-state index is 11.8. The first-order valence-corrected chi connectivity index (χ1v) is 5.97. The predicted octanol–water partition coefficient (Wildman–Crippen LogP) is 2.76. The number of benzene rings is 1. The topological polar surface area (TPSA) is 64.9 Å². The van der Waals surface area contributed by atoms with Gasteiger partial charge in [0.25, 0.3) is 0 Å². The minimum absolute atomic E-state index is 0.111. The Morgan fingerprint density at radius 2 is 1.83 bits per heavy atom. The van der Waals surface area contributed by atoms with Crippen molar-refractivity contribution < 1.29 is 10.0 Å². The van der Waals surface area contributed by atoms with Gasteiger partial charge in [-0.1, -0.05) is 17.3 Å². The van der Waals surface area contributed by atoms with Gasteiger partial charge in [0, 0.05) is 18.8 Å². The van der Waals surface area contributed by atoms with Crippen LogP contribution in [0.5, 0.6) is 0 Å². The van der Waals surface area contributed by atoms with Crippen LogP contribution in [0.25, 0.3) is 0 Å². The summed E-state index contributed by atoms with van der Waals surface area (Å²) in [7, 11) is 0. The summed E-state index contributed by atoms with van der Waals surface area (Å²) < 4.78 is 0. The van der Waals surface area contributed by atoms with E-state index in [1.807, 2.05) is 13.8 Å². The number of urea groups is 1. The first-order chi connectivity index (χ1) is 8.62. The molecule has 0 fully saturated rings. The largest absolute Gasteiger partial charge is 0.411 e. The average Bonchev–Trinajstić information content (AvgIpc) is 2.40. The minimum atomic E-state index is -0.111. The lowest BCUT2D eigenvalue weighted by molar-refractivity contribution is 0.217. The molecule has 18 heavy (non-hydrogen) atoms. The van der Waals surface area contributed by atoms with Gasteiger partial charge in [0.1, 0.15) is 0 Å². The standard InChI is InChI=1S/C13H19N3O2/c1-4-16(5-2)13(17)14-12-8-6-11(7-9-12)10(3)15-18/h6-9,18H,4-5H2,1-3H3,(H,14,17)/b15-10+. The van der Waals surface area contributed by atoms with Crippen LogP contribution in [-0.2, 0) is 0 Å². The molecular formula is C13H19N3O2. The molecule has 0 atom stereocenters. The summed E-state index contributed by atoms with van der Waals surface area (Å²) in [5.74, 6) is 0. The van der Waals surface area contributed by atoms with Crippen molar-refractivity contribution in [3.8, 4) is 0 Å². The molecule has 0 aliphatic heterocycles. The van der Waals surface area contributed by atoms with Crippen molar-refractivity contribution in [1.82, 2.24) is 4.90 Å². The third-order valence-electron chi connectivity index (χ3n) is 2.75. The highest BCUT2D eigenvalue weighted by atomic mass is 16.4. The van der Waals surface area contributed by atoms with Gasteiger partial charge in [-0.25, -0.2) is 4.79 Å². The summed E-state index contributed by atoms with van der Waals surface area (Å²) in [5.41, 5.74) is 2.08. The highest BCUT2D eigenvalue weighted by Gasteiger charge is 2.09. The maximum absolute atomic E-state index is 11.8. The molecule has 0 saturated heterocycles. The van der Waals surface area contributed by atoms with Crippen molar-refractivity contribution in [1.29, 1.82) is 0 Å². The van der Waals surface area contributed by atoms with Crippen LogP contribution < -0.4 is 5.32 Å². The van der Waals surface area contributed by atoms with Gasteiger partial charge >= 0.3 is 6.03 Å². The third-order valence-corrected chi connectivity index (χ3v) is 2.75. The van der Waals surface area contributed by atoms with Crippen LogP contribution in [0, 0.1) is 0 Å². The second-order valence-corrected chi connectivity index (χ2v) is 3.87. The van der Waals surface area contributed by atoms with Crippen molar-refractivity contribution >= 4 is 17.4 Å². The molecule has 5 nitrogen and oxygen atoms in total.